The summed E-state index contributed by atoms with van der Waals surface area (Å²) in [7, 11) is 3.78. The number of rotatable bonds is 38. The van der Waals surface area contributed by atoms with Crippen molar-refractivity contribution in [3.8, 4) is 0 Å². The number of unbranched alkanes of at least 4 members (excludes halogenated alkanes) is 16. The van der Waals surface area contributed by atoms with Gasteiger partial charge in [0.1, 0.15) is 19.8 Å². The molecule has 320 valence electrons. The largest absolute Gasteiger partial charge is 1.00 e. The number of carbonyl (C=O) groups is 3. The number of esters is 2. The van der Waals surface area contributed by atoms with Gasteiger partial charge in [-0.3, -0.25) is 14.4 Å². The Morgan fingerprint density at radius 3 is 1.29 bits per heavy atom. The first-order chi connectivity index (χ1) is 26.3. The Morgan fingerprint density at radius 1 is 0.545 bits per heavy atom. The van der Waals surface area contributed by atoms with Crippen LogP contribution in [0.4, 0.5) is 0 Å². The van der Waals surface area contributed by atoms with E-state index in [1.807, 2.05) is 14.1 Å². The highest BCUT2D eigenvalue weighted by atomic mass is 79.9. The van der Waals surface area contributed by atoms with Crippen LogP contribution in [0.15, 0.2) is 48.6 Å². The molecule has 0 saturated heterocycles. The van der Waals surface area contributed by atoms with Gasteiger partial charge in [-0.1, -0.05) is 127 Å². The summed E-state index contributed by atoms with van der Waals surface area (Å²) >= 11 is 0. The van der Waals surface area contributed by atoms with Crippen molar-refractivity contribution < 1.29 is 50.4 Å². The zero-order valence-electron chi connectivity index (χ0n) is 35.8. The summed E-state index contributed by atoms with van der Waals surface area (Å²) in [5.74, 6) is -0.607. The van der Waals surface area contributed by atoms with Crippen LogP contribution in [0.2, 0.25) is 0 Å². The third-order valence-electron chi connectivity index (χ3n) is 9.53. The summed E-state index contributed by atoms with van der Waals surface area (Å²) in [6, 6.07) is 0. The van der Waals surface area contributed by atoms with Crippen LogP contribution in [0.3, 0.4) is 0 Å². The van der Waals surface area contributed by atoms with Gasteiger partial charge >= 0.3 is 11.9 Å². The predicted octanol–water partition coefficient (Wildman–Crippen LogP) is 7.60. The van der Waals surface area contributed by atoms with Gasteiger partial charge in [0.05, 0.1) is 33.8 Å². The Kier molecular flexibility index (Phi) is 41.3. The number of halogens is 1. The molecule has 0 radical (unpaired) electrons. The fraction of sp³-hybridized carbons (Fsp3) is 0.761. The summed E-state index contributed by atoms with van der Waals surface area (Å²) in [6.45, 7) is 5.80. The highest BCUT2D eigenvalue weighted by molar-refractivity contribution is 5.77. The molecular formula is C46H83BrN2O6. The fourth-order valence-electron chi connectivity index (χ4n) is 6.02. The van der Waals surface area contributed by atoms with Crippen LogP contribution in [0.1, 0.15) is 168 Å². The van der Waals surface area contributed by atoms with E-state index >= 15 is 0 Å². The number of amides is 1. The number of aliphatic hydroxyl groups is 1. The molecule has 0 aliphatic rings. The molecular weight excluding hydrogens is 756 g/mol. The Labute approximate surface area is 348 Å². The van der Waals surface area contributed by atoms with Crippen LogP contribution in [-0.4, -0.2) is 92.4 Å². The van der Waals surface area contributed by atoms with Crippen molar-refractivity contribution in [2.45, 2.75) is 168 Å². The smallest absolute Gasteiger partial charge is 0.305 e. The minimum Gasteiger partial charge on any atom is -1.00 e. The number of aliphatic hydroxyl groups excluding tert-OH is 1. The standard InChI is InChI=1S/C46H83N2O6.BrH/c1-5-7-9-11-13-15-17-19-21-23-25-27-29-31-33-35-45(51)53-41-37-47(44(50)43-48(3,4)39-40-49)38-42-54-46(52)36-34-32-30-28-26-24-22-20-18-16-14-12-10-8-6-2;/h13-16,19-22,49H,5-12,17-18,23-43H2,1-4H3;1H/q+1;/p-1. The summed E-state index contributed by atoms with van der Waals surface area (Å²) in [6.07, 6.45) is 43.8. The van der Waals surface area contributed by atoms with Crippen LogP contribution in [0, 0.1) is 0 Å². The summed E-state index contributed by atoms with van der Waals surface area (Å²) in [4.78, 5) is 39.5. The van der Waals surface area contributed by atoms with Gasteiger partial charge in [0.25, 0.3) is 5.91 Å². The first-order valence-electron chi connectivity index (χ1n) is 21.9. The number of ether oxygens (including phenoxy) is 2. The number of hydrogen-bond acceptors (Lipinski definition) is 6. The average molecular weight is 840 g/mol. The van der Waals surface area contributed by atoms with E-state index in [1.165, 1.54) is 64.2 Å². The van der Waals surface area contributed by atoms with Gasteiger partial charge in [-0.15, -0.1) is 0 Å². The molecule has 55 heavy (non-hydrogen) atoms. The molecule has 8 nitrogen and oxygen atoms in total. The second-order valence-electron chi connectivity index (χ2n) is 15.3. The van der Waals surface area contributed by atoms with E-state index in [1.54, 1.807) is 4.90 Å². The summed E-state index contributed by atoms with van der Waals surface area (Å²) in [5, 5.41) is 9.40. The Morgan fingerprint density at radius 2 is 0.909 bits per heavy atom. The summed E-state index contributed by atoms with van der Waals surface area (Å²) < 4.78 is 11.3. The monoisotopic (exact) mass is 839 g/mol. The lowest BCUT2D eigenvalue weighted by molar-refractivity contribution is -0.883. The van der Waals surface area contributed by atoms with E-state index in [9.17, 15) is 19.5 Å². The molecule has 1 N–H and O–H groups in total. The van der Waals surface area contributed by atoms with Gasteiger partial charge in [0.15, 0.2) is 6.54 Å². The van der Waals surface area contributed by atoms with E-state index in [0.29, 0.717) is 23.9 Å². The third kappa shape index (κ3) is 39.8. The maximum atomic E-state index is 13.2. The third-order valence-corrected chi connectivity index (χ3v) is 9.53. The second-order valence-corrected chi connectivity index (χ2v) is 15.3. The van der Waals surface area contributed by atoms with Gasteiger partial charge in [0, 0.05) is 12.8 Å². The van der Waals surface area contributed by atoms with Crippen molar-refractivity contribution in [3.63, 3.8) is 0 Å². The van der Waals surface area contributed by atoms with Gasteiger partial charge in [0.2, 0.25) is 0 Å². The van der Waals surface area contributed by atoms with E-state index < -0.39 is 0 Å². The molecule has 0 aromatic heterocycles. The number of hydrogen-bond donors (Lipinski definition) is 1. The Balaban J connectivity index is 0. The maximum Gasteiger partial charge on any atom is 0.305 e. The number of likely N-dealkylation sites (N-methyl/N-ethyl adjacent to an activating group) is 1. The van der Waals surface area contributed by atoms with Gasteiger partial charge in [-0.25, -0.2) is 0 Å². The highest BCUT2D eigenvalue weighted by Gasteiger charge is 2.24. The van der Waals surface area contributed by atoms with Crippen LogP contribution < -0.4 is 17.0 Å². The molecule has 0 rings (SSSR count). The number of nitrogens with zero attached hydrogens (tertiary/aromatic N) is 2. The van der Waals surface area contributed by atoms with Crippen LogP contribution in [-0.2, 0) is 23.9 Å². The molecule has 0 saturated carbocycles. The molecule has 0 spiro atoms. The lowest BCUT2D eigenvalue weighted by Gasteiger charge is -2.31. The summed E-state index contributed by atoms with van der Waals surface area (Å²) in [5.41, 5.74) is 0. The minimum absolute atomic E-state index is 0. The lowest BCUT2D eigenvalue weighted by Crippen LogP contribution is -3.00. The first-order valence-corrected chi connectivity index (χ1v) is 21.9. The molecule has 1 amide bonds. The van der Waals surface area contributed by atoms with Crippen molar-refractivity contribution in [3.05, 3.63) is 48.6 Å². The van der Waals surface area contributed by atoms with Crippen molar-refractivity contribution >= 4 is 17.8 Å². The molecule has 0 atom stereocenters. The SMILES string of the molecule is CCCCCC=CCC=CCCCCCCCC(=O)OCCN(CCOC(=O)CCCCCCCC=CCC=CCCCCC)C(=O)C[N+](C)(C)CCO.[Br-]. The molecule has 0 bridgehead atoms. The molecule has 0 aliphatic heterocycles. The normalized spacial score (nSPS) is 11.9. The molecule has 0 heterocycles. The Bertz CT molecular complexity index is 962. The zero-order chi connectivity index (χ0) is 39.8. The van der Waals surface area contributed by atoms with Gasteiger partial charge in [-0.2, -0.15) is 0 Å². The number of quaternary nitrogens is 1. The van der Waals surface area contributed by atoms with Gasteiger partial charge < -0.3 is 40.9 Å². The molecule has 0 aromatic rings. The average Bonchev–Trinajstić information content (AvgIpc) is 3.13. The van der Waals surface area contributed by atoms with E-state index in [4.69, 9.17) is 9.47 Å². The van der Waals surface area contributed by atoms with E-state index in [-0.39, 0.29) is 74.3 Å². The van der Waals surface area contributed by atoms with Crippen molar-refractivity contribution in [2.24, 2.45) is 0 Å². The fourth-order valence-corrected chi connectivity index (χ4v) is 6.02. The van der Waals surface area contributed by atoms with Crippen LogP contribution in [0.25, 0.3) is 0 Å². The van der Waals surface area contributed by atoms with Crippen molar-refractivity contribution in [2.75, 3.05) is 60.1 Å². The maximum absolute atomic E-state index is 13.2. The Hall–Kier alpha value is -2.23. The molecule has 9 heteroatoms. The quantitative estimate of drug-likeness (QED) is 0.0298. The molecule has 0 fully saturated rings. The van der Waals surface area contributed by atoms with E-state index in [0.717, 1.165) is 77.0 Å². The highest BCUT2D eigenvalue weighted by Crippen LogP contribution is 2.11. The van der Waals surface area contributed by atoms with Crippen molar-refractivity contribution in [1.82, 2.24) is 4.90 Å². The second kappa shape index (κ2) is 41.4. The first kappa shape index (κ1) is 54.9. The topological polar surface area (TPSA) is 93.1 Å². The van der Waals surface area contributed by atoms with Gasteiger partial charge in [-0.05, 0) is 77.0 Å². The number of carbonyl (C=O) groups excluding carboxylic acids is 3. The molecule has 0 aliphatic carbocycles. The predicted molar refractivity (Wildman–Crippen MR) is 226 cm³/mol. The van der Waals surface area contributed by atoms with Crippen LogP contribution >= 0.6 is 0 Å². The van der Waals surface area contributed by atoms with Crippen LogP contribution in [0.5, 0.6) is 0 Å². The van der Waals surface area contributed by atoms with E-state index in [2.05, 4.69) is 62.5 Å². The van der Waals surface area contributed by atoms with Crippen molar-refractivity contribution in [1.29, 1.82) is 0 Å². The number of allylic oxidation sites excluding steroid dienone is 8. The zero-order valence-corrected chi connectivity index (χ0v) is 37.4. The molecule has 0 unspecified atom stereocenters. The lowest BCUT2D eigenvalue weighted by atomic mass is 10.1. The molecule has 0 aromatic carbocycles. The minimum atomic E-state index is -0.242.